The number of anilines is 2. The van der Waals surface area contributed by atoms with E-state index < -0.39 is 6.09 Å². The van der Waals surface area contributed by atoms with Gasteiger partial charge in [-0.05, 0) is 31.0 Å². The fourth-order valence-electron chi connectivity index (χ4n) is 2.09. The van der Waals surface area contributed by atoms with Crippen LogP contribution < -0.4 is 10.2 Å². The summed E-state index contributed by atoms with van der Waals surface area (Å²) in [6.45, 7) is 1.40. The van der Waals surface area contributed by atoms with Gasteiger partial charge in [0.2, 0.25) is 0 Å². The number of ether oxygens (including phenoxy) is 1. The average Bonchev–Trinajstić information content (AvgIpc) is 2.90. The SMILES string of the molecule is O=C(Nc1ccc(N2CCCC2)c(F)c1)OCCO. The van der Waals surface area contributed by atoms with Crippen LogP contribution in [0.3, 0.4) is 0 Å². The highest BCUT2D eigenvalue weighted by Crippen LogP contribution is 2.26. The Labute approximate surface area is 111 Å². The third kappa shape index (κ3) is 3.57. The van der Waals surface area contributed by atoms with Gasteiger partial charge in [-0.25, -0.2) is 9.18 Å². The summed E-state index contributed by atoms with van der Waals surface area (Å²) in [5.41, 5.74) is 0.898. The summed E-state index contributed by atoms with van der Waals surface area (Å²) in [6, 6.07) is 4.56. The summed E-state index contributed by atoms with van der Waals surface area (Å²) >= 11 is 0. The van der Waals surface area contributed by atoms with Gasteiger partial charge in [-0.15, -0.1) is 0 Å². The molecule has 1 aromatic rings. The first-order chi connectivity index (χ1) is 9.20. The zero-order valence-electron chi connectivity index (χ0n) is 10.6. The van der Waals surface area contributed by atoms with Gasteiger partial charge in [-0.3, -0.25) is 5.32 Å². The maximum Gasteiger partial charge on any atom is 0.411 e. The Balaban J connectivity index is 2.00. The summed E-state index contributed by atoms with van der Waals surface area (Å²) in [5, 5.41) is 10.9. The van der Waals surface area contributed by atoms with Crippen molar-refractivity contribution in [2.45, 2.75) is 12.8 Å². The van der Waals surface area contributed by atoms with Crippen molar-refractivity contribution in [3.05, 3.63) is 24.0 Å². The molecule has 1 heterocycles. The Morgan fingerprint density at radius 2 is 2.16 bits per heavy atom. The summed E-state index contributed by atoms with van der Waals surface area (Å²) in [5.74, 6) is -0.359. The monoisotopic (exact) mass is 268 g/mol. The molecule has 0 saturated carbocycles. The second kappa shape index (κ2) is 6.38. The maximum atomic E-state index is 13.9. The second-order valence-corrected chi connectivity index (χ2v) is 4.34. The summed E-state index contributed by atoms with van der Waals surface area (Å²) in [6.07, 6.45) is 1.45. The molecule has 1 aliphatic rings. The van der Waals surface area contributed by atoms with Crippen LogP contribution in [-0.4, -0.2) is 37.5 Å². The number of benzene rings is 1. The minimum absolute atomic E-state index is 0.0832. The minimum atomic E-state index is -0.706. The third-order valence-electron chi connectivity index (χ3n) is 2.97. The number of hydrogen-bond donors (Lipinski definition) is 2. The molecule has 0 bridgehead atoms. The number of nitrogens with one attached hydrogen (secondary N) is 1. The van der Waals surface area contributed by atoms with Crippen molar-refractivity contribution < 1.29 is 19.0 Å². The van der Waals surface area contributed by atoms with Crippen LogP contribution in [0.15, 0.2) is 18.2 Å². The van der Waals surface area contributed by atoms with E-state index in [0.717, 1.165) is 25.9 Å². The zero-order chi connectivity index (χ0) is 13.7. The molecule has 1 aromatic carbocycles. The number of rotatable bonds is 4. The van der Waals surface area contributed by atoms with Crippen molar-refractivity contribution in [3.8, 4) is 0 Å². The predicted molar refractivity (Wildman–Crippen MR) is 69.9 cm³/mol. The molecule has 1 fully saturated rings. The second-order valence-electron chi connectivity index (χ2n) is 4.34. The normalized spacial score (nSPS) is 14.5. The van der Waals surface area contributed by atoms with Gasteiger partial charge in [-0.1, -0.05) is 0 Å². The van der Waals surface area contributed by atoms with Crippen LogP contribution in [0, 0.1) is 5.82 Å². The third-order valence-corrected chi connectivity index (χ3v) is 2.97. The van der Waals surface area contributed by atoms with Crippen LogP contribution in [0.5, 0.6) is 0 Å². The number of aliphatic hydroxyl groups is 1. The van der Waals surface area contributed by atoms with Gasteiger partial charge in [0.05, 0.1) is 12.3 Å². The average molecular weight is 268 g/mol. The Kier molecular flexibility index (Phi) is 4.57. The summed E-state index contributed by atoms with van der Waals surface area (Å²) < 4.78 is 18.6. The molecular weight excluding hydrogens is 251 g/mol. The summed E-state index contributed by atoms with van der Waals surface area (Å²) in [4.78, 5) is 13.2. The molecule has 104 valence electrons. The van der Waals surface area contributed by atoms with Crippen molar-refractivity contribution in [1.82, 2.24) is 0 Å². The number of amides is 1. The zero-order valence-corrected chi connectivity index (χ0v) is 10.6. The highest BCUT2D eigenvalue weighted by Gasteiger charge is 2.16. The van der Waals surface area contributed by atoms with Crippen LogP contribution in [0.1, 0.15) is 12.8 Å². The van der Waals surface area contributed by atoms with E-state index in [4.69, 9.17) is 5.11 Å². The van der Waals surface area contributed by atoms with Crippen molar-refractivity contribution >= 4 is 17.5 Å². The van der Waals surface area contributed by atoms with Gasteiger partial charge in [0, 0.05) is 18.8 Å². The molecule has 0 radical (unpaired) electrons. The molecule has 1 amide bonds. The molecule has 1 aliphatic heterocycles. The van der Waals surface area contributed by atoms with E-state index >= 15 is 0 Å². The molecule has 0 aliphatic carbocycles. The van der Waals surface area contributed by atoms with E-state index in [0.29, 0.717) is 11.4 Å². The van der Waals surface area contributed by atoms with Gasteiger partial charge < -0.3 is 14.7 Å². The van der Waals surface area contributed by atoms with Gasteiger partial charge in [-0.2, -0.15) is 0 Å². The molecule has 0 unspecified atom stereocenters. The fraction of sp³-hybridized carbons (Fsp3) is 0.462. The Morgan fingerprint density at radius 1 is 1.42 bits per heavy atom. The predicted octanol–water partition coefficient (Wildman–Crippen LogP) is 1.97. The lowest BCUT2D eigenvalue weighted by atomic mass is 10.2. The van der Waals surface area contributed by atoms with Crippen molar-refractivity contribution in [1.29, 1.82) is 0 Å². The van der Waals surface area contributed by atoms with Crippen LogP contribution in [0.4, 0.5) is 20.6 Å². The number of halogens is 1. The molecule has 19 heavy (non-hydrogen) atoms. The molecule has 0 aromatic heterocycles. The van der Waals surface area contributed by atoms with Crippen LogP contribution >= 0.6 is 0 Å². The first-order valence-corrected chi connectivity index (χ1v) is 6.30. The lowest BCUT2D eigenvalue weighted by molar-refractivity contribution is 0.131. The van der Waals surface area contributed by atoms with Gasteiger partial charge in [0.1, 0.15) is 12.4 Å². The Hall–Kier alpha value is -1.82. The van der Waals surface area contributed by atoms with Gasteiger partial charge in [0.25, 0.3) is 0 Å². The first kappa shape index (κ1) is 13.6. The molecule has 2 N–H and O–H groups in total. The highest BCUT2D eigenvalue weighted by molar-refractivity contribution is 5.84. The van der Waals surface area contributed by atoms with E-state index in [1.54, 1.807) is 12.1 Å². The van der Waals surface area contributed by atoms with E-state index in [1.165, 1.54) is 6.07 Å². The van der Waals surface area contributed by atoms with Crippen LogP contribution in [0.25, 0.3) is 0 Å². The van der Waals surface area contributed by atoms with Gasteiger partial charge in [0.15, 0.2) is 0 Å². The van der Waals surface area contributed by atoms with E-state index in [-0.39, 0.29) is 19.0 Å². The standard InChI is InChI=1S/C13H17FN2O3/c14-11-9-10(15-13(18)19-8-7-17)3-4-12(11)16-5-1-2-6-16/h3-4,9,17H,1-2,5-8H2,(H,15,18). The number of carbonyl (C=O) groups is 1. The first-order valence-electron chi connectivity index (χ1n) is 6.30. The lowest BCUT2D eigenvalue weighted by Gasteiger charge is -2.18. The number of aliphatic hydroxyl groups excluding tert-OH is 1. The quantitative estimate of drug-likeness (QED) is 0.876. The fourth-order valence-corrected chi connectivity index (χ4v) is 2.09. The van der Waals surface area contributed by atoms with E-state index in [9.17, 15) is 9.18 Å². The summed E-state index contributed by atoms with van der Waals surface area (Å²) in [7, 11) is 0. The molecule has 2 rings (SSSR count). The molecule has 0 atom stereocenters. The molecule has 5 nitrogen and oxygen atoms in total. The van der Waals surface area contributed by atoms with Crippen molar-refractivity contribution in [2.24, 2.45) is 0 Å². The van der Waals surface area contributed by atoms with E-state index in [2.05, 4.69) is 10.1 Å². The largest absolute Gasteiger partial charge is 0.447 e. The minimum Gasteiger partial charge on any atom is -0.447 e. The molecular formula is C13H17FN2O3. The molecule has 6 heteroatoms. The number of nitrogens with zero attached hydrogens (tertiary/aromatic N) is 1. The molecule has 1 saturated heterocycles. The smallest absolute Gasteiger partial charge is 0.411 e. The van der Waals surface area contributed by atoms with Crippen LogP contribution in [0.2, 0.25) is 0 Å². The lowest BCUT2D eigenvalue weighted by Crippen LogP contribution is -2.19. The van der Waals surface area contributed by atoms with E-state index in [1.807, 2.05) is 4.90 Å². The van der Waals surface area contributed by atoms with Crippen LogP contribution in [-0.2, 0) is 4.74 Å². The highest BCUT2D eigenvalue weighted by atomic mass is 19.1. The number of carbonyl (C=O) groups excluding carboxylic acids is 1. The topological polar surface area (TPSA) is 61.8 Å². The number of hydrogen-bond acceptors (Lipinski definition) is 4. The van der Waals surface area contributed by atoms with Gasteiger partial charge >= 0.3 is 6.09 Å². The Bertz CT molecular complexity index is 448. The maximum absolute atomic E-state index is 13.9. The van der Waals surface area contributed by atoms with Crippen molar-refractivity contribution in [3.63, 3.8) is 0 Å². The molecule has 0 spiro atoms. The van der Waals surface area contributed by atoms with Crippen molar-refractivity contribution in [2.75, 3.05) is 36.5 Å². The Morgan fingerprint density at radius 3 is 2.79 bits per heavy atom.